The van der Waals surface area contributed by atoms with Gasteiger partial charge in [0.15, 0.2) is 0 Å². The lowest BCUT2D eigenvalue weighted by Crippen LogP contribution is -2.47. The molecule has 1 N–H and O–H groups in total. The normalized spacial score (nSPS) is 18.5. The molecule has 0 aliphatic carbocycles. The zero-order valence-electron chi connectivity index (χ0n) is 12.7. The number of hydrogen-bond donors (Lipinski definition) is 1. The van der Waals surface area contributed by atoms with Gasteiger partial charge in [-0.05, 0) is 26.0 Å². The van der Waals surface area contributed by atoms with Crippen molar-refractivity contribution >= 4 is 17.4 Å². The van der Waals surface area contributed by atoms with Crippen molar-refractivity contribution in [2.24, 2.45) is 0 Å². The first-order valence-electron chi connectivity index (χ1n) is 7.22. The van der Waals surface area contributed by atoms with Crippen molar-refractivity contribution in [1.29, 1.82) is 0 Å². The Kier molecular flexibility index (Phi) is 4.44. The van der Waals surface area contributed by atoms with Crippen molar-refractivity contribution in [3.63, 3.8) is 0 Å². The molecule has 1 saturated heterocycles. The number of aromatic nitrogens is 1. The van der Waals surface area contributed by atoms with Crippen LogP contribution >= 0.6 is 11.3 Å². The van der Waals surface area contributed by atoms with E-state index in [1.165, 1.54) is 0 Å². The fourth-order valence-electron chi connectivity index (χ4n) is 2.47. The average molecular weight is 321 g/mol. The number of carbonyl (C=O) groups is 1. The van der Waals surface area contributed by atoms with Crippen molar-refractivity contribution in [2.75, 3.05) is 19.8 Å². The standard InChI is InChI=1S/C15H19N3O3S/c1-10-3-4-13(21-10)12-8-20-6-5-18(12)15(19)16-7-14-11(2)17-9-22-14/h3-4,9,12H,5-8H2,1-2H3,(H,16,19)/t12-/m1/s1. The smallest absolute Gasteiger partial charge is 0.318 e. The van der Waals surface area contributed by atoms with E-state index in [2.05, 4.69) is 10.3 Å². The van der Waals surface area contributed by atoms with Gasteiger partial charge in [-0.15, -0.1) is 11.3 Å². The van der Waals surface area contributed by atoms with Gasteiger partial charge in [-0.25, -0.2) is 9.78 Å². The number of furan rings is 1. The Morgan fingerprint density at radius 3 is 3.05 bits per heavy atom. The molecule has 7 heteroatoms. The SMILES string of the molecule is Cc1ccc([C@H]2COCCN2C(=O)NCc2scnc2C)o1. The van der Waals surface area contributed by atoms with Gasteiger partial charge >= 0.3 is 6.03 Å². The van der Waals surface area contributed by atoms with Gasteiger partial charge in [0, 0.05) is 11.4 Å². The molecule has 3 rings (SSSR count). The van der Waals surface area contributed by atoms with Crippen LogP contribution in [0.5, 0.6) is 0 Å². The van der Waals surface area contributed by atoms with Crippen molar-refractivity contribution in [2.45, 2.75) is 26.4 Å². The van der Waals surface area contributed by atoms with Gasteiger partial charge in [-0.1, -0.05) is 0 Å². The minimum atomic E-state index is -0.176. The molecule has 2 aromatic rings. The lowest BCUT2D eigenvalue weighted by atomic mass is 10.2. The van der Waals surface area contributed by atoms with Crippen LogP contribution in [0.2, 0.25) is 0 Å². The minimum Gasteiger partial charge on any atom is -0.464 e. The van der Waals surface area contributed by atoms with E-state index in [-0.39, 0.29) is 12.1 Å². The molecule has 2 amide bonds. The summed E-state index contributed by atoms with van der Waals surface area (Å²) in [6.07, 6.45) is 0. The maximum Gasteiger partial charge on any atom is 0.318 e. The Hall–Kier alpha value is -1.86. The van der Waals surface area contributed by atoms with Crippen LogP contribution in [-0.4, -0.2) is 35.7 Å². The molecule has 0 aromatic carbocycles. The maximum atomic E-state index is 12.5. The molecule has 0 unspecified atom stereocenters. The highest BCUT2D eigenvalue weighted by Crippen LogP contribution is 2.26. The number of carbonyl (C=O) groups excluding carboxylic acids is 1. The summed E-state index contributed by atoms with van der Waals surface area (Å²) in [5.41, 5.74) is 2.76. The zero-order valence-corrected chi connectivity index (χ0v) is 13.5. The van der Waals surface area contributed by atoms with Crippen molar-refractivity contribution < 1.29 is 13.9 Å². The van der Waals surface area contributed by atoms with Gasteiger partial charge in [-0.3, -0.25) is 0 Å². The minimum absolute atomic E-state index is 0.102. The predicted molar refractivity (Wildman–Crippen MR) is 82.8 cm³/mol. The largest absolute Gasteiger partial charge is 0.464 e. The number of morpholine rings is 1. The number of nitrogens with one attached hydrogen (secondary N) is 1. The topological polar surface area (TPSA) is 67.6 Å². The second kappa shape index (κ2) is 6.50. The van der Waals surface area contributed by atoms with Crippen LogP contribution in [-0.2, 0) is 11.3 Å². The number of hydrogen-bond acceptors (Lipinski definition) is 5. The summed E-state index contributed by atoms with van der Waals surface area (Å²) >= 11 is 1.55. The molecule has 3 heterocycles. The number of amides is 2. The zero-order chi connectivity index (χ0) is 15.5. The van der Waals surface area contributed by atoms with Gasteiger partial charge in [0.05, 0.1) is 31.0 Å². The van der Waals surface area contributed by atoms with Crippen molar-refractivity contribution in [3.05, 3.63) is 39.7 Å². The number of aryl methyl sites for hydroxylation is 2. The average Bonchev–Trinajstić information content (AvgIpc) is 3.13. The van der Waals surface area contributed by atoms with Crippen LogP contribution < -0.4 is 5.32 Å². The number of urea groups is 1. The summed E-state index contributed by atoms with van der Waals surface area (Å²) in [6.45, 7) is 5.89. The van der Waals surface area contributed by atoms with Crippen LogP contribution in [0.15, 0.2) is 22.1 Å². The van der Waals surface area contributed by atoms with E-state index in [9.17, 15) is 4.79 Å². The number of ether oxygens (including phenoxy) is 1. The highest BCUT2D eigenvalue weighted by atomic mass is 32.1. The lowest BCUT2D eigenvalue weighted by Gasteiger charge is -2.34. The van der Waals surface area contributed by atoms with E-state index in [4.69, 9.17) is 9.15 Å². The Bertz CT molecular complexity index is 652. The molecule has 1 aliphatic heterocycles. The van der Waals surface area contributed by atoms with Gasteiger partial charge in [0.1, 0.15) is 17.6 Å². The second-order valence-corrected chi connectivity index (χ2v) is 6.19. The summed E-state index contributed by atoms with van der Waals surface area (Å²) in [4.78, 5) is 19.5. The van der Waals surface area contributed by atoms with Crippen LogP contribution in [0.1, 0.15) is 28.1 Å². The van der Waals surface area contributed by atoms with E-state index in [1.54, 1.807) is 21.7 Å². The van der Waals surface area contributed by atoms with Gasteiger partial charge in [0.2, 0.25) is 0 Å². The first kappa shape index (κ1) is 15.1. The van der Waals surface area contributed by atoms with Crippen LogP contribution in [0, 0.1) is 13.8 Å². The molecule has 118 valence electrons. The molecule has 0 radical (unpaired) electrons. The third-order valence-corrected chi connectivity index (χ3v) is 4.66. The molecule has 2 aromatic heterocycles. The van der Waals surface area contributed by atoms with Crippen LogP contribution in [0.3, 0.4) is 0 Å². The monoisotopic (exact) mass is 321 g/mol. The third kappa shape index (κ3) is 3.15. The quantitative estimate of drug-likeness (QED) is 0.943. The van der Waals surface area contributed by atoms with E-state index in [0.717, 1.165) is 22.1 Å². The van der Waals surface area contributed by atoms with Gasteiger partial charge in [-0.2, -0.15) is 0 Å². The summed E-state index contributed by atoms with van der Waals surface area (Å²) in [5, 5.41) is 2.96. The first-order valence-corrected chi connectivity index (χ1v) is 8.10. The Balaban J connectivity index is 1.67. The van der Waals surface area contributed by atoms with Crippen molar-refractivity contribution in [3.8, 4) is 0 Å². The number of thiazole rings is 1. The Labute approximate surface area is 133 Å². The fraction of sp³-hybridized carbons (Fsp3) is 0.467. The van der Waals surface area contributed by atoms with E-state index in [1.807, 2.05) is 26.0 Å². The number of rotatable bonds is 3. The first-order chi connectivity index (χ1) is 10.6. The molecular weight excluding hydrogens is 302 g/mol. The van der Waals surface area contributed by atoms with Crippen LogP contribution in [0.4, 0.5) is 4.79 Å². The molecule has 1 atom stereocenters. The maximum absolute atomic E-state index is 12.5. The van der Waals surface area contributed by atoms with Gasteiger partial charge in [0.25, 0.3) is 0 Å². The summed E-state index contributed by atoms with van der Waals surface area (Å²) < 4.78 is 11.2. The molecule has 0 saturated carbocycles. The highest BCUT2D eigenvalue weighted by molar-refractivity contribution is 7.09. The fourth-order valence-corrected chi connectivity index (χ4v) is 3.19. The molecule has 1 fully saturated rings. The lowest BCUT2D eigenvalue weighted by molar-refractivity contribution is 0.00401. The number of nitrogens with zero attached hydrogens (tertiary/aromatic N) is 2. The molecule has 22 heavy (non-hydrogen) atoms. The van der Waals surface area contributed by atoms with Gasteiger partial charge < -0.3 is 19.4 Å². The summed E-state index contributed by atoms with van der Waals surface area (Å²) in [6, 6.07) is 3.53. The van der Waals surface area contributed by atoms with Crippen molar-refractivity contribution in [1.82, 2.24) is 15.2 Å². The molecule has 1 aliphatic rings. The highest BCUT2D eigenvalue weighted by Gasteiger charge is 2.30. The van der Waals surface area contributed by atoms with E-state index >= 15 is 0 Å². The predicted octanol–water partition coefficient (Wildman–Crippen LogP) is 2.64. The molecule has 6 nitrogen and oxygen atoms in total. The molecule has 0 bridgehead atoms. The summed E-state index contributed by atoms with van der Waals surface area (Å²) in [5.74, 6) is 1.60. The molecule has 0 spiro atoms. The Morgan fingerprint density at radius 2 is 2.36 bits per heavy atom. The van der Waals surface area contributed by atoms with E-state index in [0.29, 0.717) is 26.3 Å². The van der Waals surface area contributed by atoms with E-state index < -0.39 is 0 Å². The second-order valence-electron chi connectivity index (χ2n) is 5.25. The molecular formula is C15H19N3O3S. The third-order valence-electron chi connectivity index (χ3n) is 3.72. The Morgan fingerprint density at radius 1 is 1.50 bits per heavy atom. The summed E-state index contributed by atoms with van der Waals surface area (Å²) in [7, 11) is 0. The van der Waals surface area contributed by atoms with Crippen LogP contribution in [0.25, 0.3) is 0 Å².